The molecule has 0 aromatic heterocycles. The van der Waals surface area contributed by atoms with E-state index in [9.17, 15) is 0 Å². The summed E-state index contributed by atoms with van der Waals surface area (Å²) in [6.07, 6.45) is 6.16. The van der Waals surface area contributed by atoms with Gasteiger partial charge in [0.05, 0.1) is 13.2 Å². The van der Waals surface area contributed by atoms with Gasteiger partial charge >= 0.3 is 0 Å². The number of benzene rings is 1. The number of nitriles is 1. The highest BCUT2D eigenvalue weighted by Gasteiger charge is 2.02. The van der Waals surface area contributed by atoms with E-state index in [0.717, 1.165) is 29.7 Å². The Balaban J connectivity index is 2.76. The molecule has 90 valence electrons. The van der Waals surface area contributed by atoms with Gasteiger partial charge in [0.15, 0.2) is 0 Å². The van der Waals surface area contributed by atoms with Gasteiger partial charge in [-0.2, -0.15) is 5.26 Å². The van der Waals surface area contributed by atoms with E-state index in [1.807, 2.05) is 24.3 Å². The molecule has 0 N–H and O–H groups in total. The van der Waals surface area contributed by atoms with Gasteiger partial charge in [-0.3, -0.25) is 0 Å². The van der Waals surface area contributed by atoms with E-state index in [2.05, 4.69) is 13.0 Å². The Labute approximate surface area is 104 Å². The summed E-state index contributed by atoms with van der Waals surface area (Å²) in [5.41, 5.74) is 2.23. The van der Waals surface area contributed by atoms with Crippen LogP contribution in [0, 0.1) is 11.3 Å². The van der Waals surface area contributed by atoms with Crippen LogP contribution in [0.25, 0.3) is 5.57 Å². The third kappa shape index (κ3) is 4.32. The van der Waals surface area contributed by atoms with Crippen LogP contribution in [0.2, 0.25) is 0 Å². The maximum Gasteiger partial charge on any atom is 0.118 e. The number of nitrogens with zero attached hydrogens (tertiary/aromatic N) is 1. The summed E-state index contributed by atoms with van der Waals surface area (Å²) in [5.74, 6) is 0.846. The first-order valence-corrected chi connectivity index (χ1v) is 6.05. The second kappa shape index (κ2) is 7.51. The minimum Gasteiger partial charge on any atom is -0.497 e. The van der Waals surface area contributed by atoms with E-state index in [-0.39, 0.29) is 0 Å². The van der Waals surface area contributed by atoms with E-state index in [1.165, 1.54) is 12.8 Å². The monoisotopic (exact) mass is 229 g/mol. The van der Waals surface area contributed by atoms with Crippen molar-refractivity contribution in [2.45, 2.75) is 32.6 Å². The Kier molecular flexibility index (Phi) is 5.88. The lowest BCUT2D eigenvalue weighted by atomic mass is 9.99. The van der Waals surface area contributed by atoms with Gasteiger partial charge in [0.2, 0.25) is 0 Å². The number of unbranched alkanes of at least 4 members (excludes halogenated alkanes) is 2. The van der Waals surface area contributed by atoms with E-state index in [0.29, 0.717) is 0 Å². The molecule has 0 atom stereocenters. The fraction of sp³-hybridized carbons (Fsp3) is 0.400. The van der Waals surface area contributed by atoms with Crippen LogP contribution < -0.4 is 4.74 Å². The van der Waals surface area contributed by atoms with Crippen molar-refractivity contribution in [3.8, 4) is 11.8 Å². The largest absolute Gasteiger partial charge is 0.497 e. The summed E-state index contributed by atoms with van der Waals surface area (Å²) in [6, 6.07) is 10.0. The van der Waals surface area contributed by atoms with Crippen LogP contribution in [0.1, 0.15) is 38.2 Å². The fourth-order valence-corrected chi connectivity index (χ4v) is 1.75. The van der Waals surface area contributed by atoms with Crippen LogP contribution in [0.3, 0.4) is 0 Å². The van der Waals surface area contributed by atoms with Gasteiger partial charge < -0.3 is 4.74 Å². The lowest BCUT2D eigenvalue weighted by molar-refractivity contribution is 0.415. The Morgan fingerprint density at radius 2 is 2.00 bits per heavy atom. The van der Waals surface area contributed by atoms with Crippen molar-refractivity contribution in [2.75, 3.05) is 7.11 Å². The molecule has 0 unspecified atom stereocenters. The number of methoxy groups -OCH3 is 1. The normalized spacial score (nSPS) is 11.0. The van der Waals surface area contributed by atoms with Crippen molar-refractivity contribution in [3.63, 3.8) is 0 Å². The summed E-state index contributed by atoms with van der Waals surface area (Å²) in [5, 5.41) is 8.80. The Bertz CT molecular complexity index is 398. The quantitative estimate of drug-likeness (QED) is 0.541. The van der Waals surface area contributed by atoms with Crippen molar-refractivity contribution >= 4 is 5.57 Å². The van der Waals surface area contributed by atoms with Crippen LogP contribution in [0.5, 0.6) is 5.75 Å². The van der Waals surface area contributed by atoms with Gasteiger partial charge in [0.25, 0.3) is 0 Å². The molecule has 0 aliphatic carbocycles. The Hall–Kier alpha value is -1.75. The van der Waals surface area contributed by atoms with Gasteiger partial charge in [-0.15, -0.1) is 0 Å². The van der Waals surface area contributed by atoms with Gasteiger partial charge in [0, 0.05) is 6.08 Å². The van der Waals surface area contributed by atoms with Crippen molar-refractivity contribution in [1.82, 2.24) is 0 Å². The smallest absolute Gasteiger partial charge is 0.118 e. The minimum atomic E-state index is 0.846. The Morgan fingerprint density at radius 1 is 1.29 bits per heavy atom. The van der Waals surface area contributed by atoms with E-state index in [1.54, 1.807) is 13.2 Å². The second-order valence-electron chi connectivity index (χ2n) is 3.98. The summed E-state index contributed by atoms with van der Waals surface area (Å²) < 4.78 is 5.12. The van der Waals surface area contributed by atoms with E-state index < -0.39 is 0 Å². The summed E-state index contributed by atoms with van der Waals surface area (Å²) in [7, 11) is 1.66. The molecule has 0 spiro atoms. The first kappa shape index (κ1) is 13.3. The van der Waals surface area contributed by atoms with Crippen molar-refractivity contribution in [3.05, 3.63) is 35.9 Å². The lowest BCUT2D eigenvalue weighted by Crippen LogP contribution is -1.87. The second-order valence-corrected chi connectivity index (χ2v) is 3.98. The van der Waals surface area contributed by atoms with Crippen LogP contribution >= 0.6 is 0 Å². The molecule has 0 heterocycles. The van der Waals surface area contributed by atoms with E-state index >= 15 is 0 Å². The zero-order valence-corrected chi connectivity index (χ0v) is 10.6. The van der Waals surface area contributed by atoms with E-state index in [4.69, 9.17) is 10.00 Å². The third-order valence-electron chi connectivity index (χ3n) is 2.75. The highest BCUT2D eigenvalue weighted by Crippen LogP contribution is 2.23. The molecule has 0 fully saturated rings. The van der Waals surface area contributed by atoms with Gasteiger partial charge in [0.1, 0.15) is 5.75 Å². The zero-order chi connectivity index (χ0) is 12.5. The summed E-state index contributed by atoms with van der Waals surface area (Å²) >= 11 is 0. The molecule has 0 amide bonds. The van der Waals surface area contributed by atoms with Crippen molar-refractivity contribution in [2.24, 2.45) is 0 Å². The average Bonchev–Trinajstić information content (AvgIpc) is 2.38. The number of ether oxygens (including phenoxy) is 1. The standard InChI is InChI=1S/C15H19NO/c1-3-4-5-6-13(11-12-16)14-7-9-15(17-2)10-8-14/h7-11H,3-6H2,1-2H3/b13-11+. The zero-order valence-electron chi connectivity index (χ0n) is 10.6. The molecule has 0 aliphatic heterocycles. The highest BCUT2D eigenvalue weighted by molar-refractivity contribution is 5.68. The first-order valence-electron chi connectivity index (χ1n) is 6.05. The average molecular weight is 229 g/mol. The maximum absolute atomic E-state index is 8.80. The molecule has 0 saturated carbocycles. The van der Waals surface area contributed by atoms with Crippen LogP contribution in [-0.4, -0.2) is 7.11 Å². The van der Waals surface area contributed by atoms with Crippen molar-refractivity contribution in [1.29, 1.82) is 5.26 Å². The van der Waals surface area contributed by atoms with Crippen molar-refractivity contribution < 1.29 is 4.74 Å². The first-order chi connectivity index (χ1) is 8.31. The molecule has 0 radical (unpaired) electrons. The minimum absolute atomic E-state index is 0.846. The lowest BCUT2D eigenvalue weighted by Gasteiger charge is -2.07. The molecule has 1 aromatic rings. The molecule has 0 bridgehead atoms. The number of allylic oxidation sites excluding steroid dienone is 2. The molecule has 0 aliphatic rings. The predicted molar refractivity (Wildman–Crippen MR) is 70.7 cm³/mol. The Morgan fingerprint density at radius 3 is 2.53 bits per heavy atom. The molecular formula is C15H19NO. The van der Waals surface area contributed by atoms with Gasteiger partial charge in [-0.1, -0.05) is 31.9 Å². The summed E-state index contributed by atoms with van der Waals surface area (Å²) in [6.45, 7) is 2.18. The molecule has 0 saturated heterocycles. The maximum atomic E-state index is 8.80. The SMILES string of the molecule is CCCCC/C(=C\C#N)c1ccc(OC)cc1. The number of hydrogen-bond acceptors (Lipinski definition) is 2. The summed E-state index contributed by atoms with van der Waals surface area (Å²) in [4.78, 5) is 0. The van der Waals surface area contributed by atoms with Crippen LogP contribution in [0.4, 0.5) is 0 Å². The molecule has 2 heteroatoms. The third-order valence-corrected chi connectivity index (χ3v) is 2.75. The molecule has 1 aromatic carbocycles. The van der Waals surface area contributed by atoms with Crippen LogP contribution in [-0.2, 0) is 0 Å². The topological polar surface area (TPSA) is 33.0 Å². The number of hydrogen-bond donors (Lipinski definition) is 0. The highest BCUT2D eigenvalue weighted by atomic mass is 16.5. The molecule has 1 rings (SSSR count). The predicted octanol–water partition coefficient (Wildman–Crippen LogP) is 4.18. The van der Waals surface area contributed by atoms with Gasteiger partial charge in [-0.25, -0.2) is 0 Å². The number of rotatable bonds is 6. The van der Waals surface area contributed by atoms with Crippen LogP contribution in [0.15, 0.2) is 30.3 Å². The molecule has 2 nitrogen and oxygen atoms in total. The van der Waals surface area contributed by atoms with Gasteiger partial charge in [-0.05, 0) is 36.1 Å². The fourth-order valence-electron chi connectivity index (χ4n) is 1.75. The molecule has 17 heavy (non-hydrogen) atoms. The molecular weight excluding hydrogens is 210 g/mol.